The topological polar surface area (TPSA) is 86.1 Å². The number of ether oxygens (including phenoxy) is 1. The van der Waals surface area contributed by atoms with E-state index in [1.54, 1.807) is 16.3 Å². The van der Waals surface area contributed by atoms with Crippen LogP contribution in [0.15, 0.2) is 11.6 Å². The summed E-state index contributed by atoms with van der Waals surface area (Å²) in [6.45, 7) is 7.04. The van der Waals surface area contributed by atoms with Gasteiger partial charge in [-0.15, -0.1) is 11.3 Å². The third-order valence-corrected chi connectivity index (χ3v) is 3.58. The first kappa shape index (κ1) is 16.2. The Balaban J connectivity index is 2.09. The summed E-state index contributed by atoms with van der Waals surface area (Å²) in [5, 5.41) is 9.17. The summed E-state index contributed by atoms with van der Waals surface area (Å²) in [7, 11) is 0. The van der Waals surface area contributed by atoms with Crippen molar-refractivity contribution < 1.29 is 14.3 Å². The summed E-state index contributed by atoms with van der Waals surface area (Å²) in [6.07, 6.45) is 1.71. The maximum Gasteiger partial charge on any atom is 0.223 e. The van der Waals surface area contributed by atoms with Gasteiger partial charge in [-0.3, -0.25) is 14.3 Å². The third kappa shape index (κ3) is 3.91. The lowest BCUT2D eigenvalue weighted by Crippen LogP contribution is -2.06. The van der Waals surface area contributed by atoms with Crippen molar-refractivity contribution in [2.24, 2.45) is 0 Å². The van der Waals surface area contributed by atoms with Gasteiger partial charge in [-0.25, -0.2) is 4.98 Å². The maximum absolute atomic E-state index is 11.6. The van der Waals surface area contributed by atoms with E-state index in [-0.39, 0.29) is 24.3 Å². The molecule has 0 saturated carbocycles. The van der Waals surface area contributed by atoms with Gasteiger partial charge in [0.1, 0.15) is 6.61 Å². The third-order valence-electron chi connectivity index (χ3n) is 2.77. The number of nitrogens with zero attached hydrogens (tertiary/aromatic N) is 3. The number of ketones is 1. The normalized spacial score (nSPS) is 10.8. The Morgan fingerprint density at radius 3 is 2.73 bits per heavy atom. The molecule has 0 aromatic carbocycles. The highest BCUT2D eigenvalue weighted by atomic mass is 32.1. The Morgan fingerprint density at radius 1 is 1.41 bits per heavy atom. The molecule has 2 aromatic heterocycles. The highest BCUT2D eigenvalue weighted by Gasteiger charge is 2.16. The van der Waals surface area contributed by atoms with Gasteiger partial charge < -0.3 is 10.1 Å². The Bertz CT molecular complexity index is 690. The molecule has 0 radical (unpaired) electrons. The lowest BCUT2D eigenvalue weighted by Gasteiger charge is -2.03. The van der Waals surface area contributed by atoms with Crippen molar-refractivity contribution in [3.05, 3.63) is 23.0 Å². The number of nitrogens with one attached hydrogen (secondary N) is 1. The molecule has 22 heavy (non-hydrogen) atoms. The Labute approximate surface area is 132 Å². The van der Waals surface area contributed by atoms with Crippen molar-refractivity contribution >= 4 is 28.2 Å². The van der Waals surface area contributed by atoms with Crippen LogP contribution in [0.1, 0.15) is 49.9 Å². The molecule has 7 nitrogen and oxygen atoms in total. The minimum Gasteiger partial charge on any atom is -0.483 e. The SMILES string of the molecule is CC(=O)Nc1nc(COc2cn(C(C)C)nc2C(C)=O)cs1. The van der Waals surface area contributed by atoms with E-state index in [4.69, 9.17) is 4.74 Å². The van der Waals surface area contributed by atoms with E-state index in [2.05, 4.69) is 15.4 Å². The molecule has 0 unspecified atom stereocenters. The number of carbonyl (C=O) groups is 2. The van der Waals surface area contributed by atoms with Crippen molar-refractivity contribution in [2.45, 2.75) is 40.3 Å². The molecule has 118 valence electrons. The molecule has 0 spiro atoms. The quantitative estimate of drug-likeness (QED) is 0.826. The average molecular weight is 322 g/mol. The lowest BCUT2D eigenvalue weighted by atomic mass is 10.3. The zero-order chi connectivity index (χ0) is 16.3. The average Bonchev–Trinajstić information content (AvgIpc) is 3.01. The number of hydrogen-bond acceptors (Lipinski definition) is 6. The number of rotatable bonds is 6. The van der Waals surface area contributed by atoms with Crippen LogP contribution >= 0.6 is 11.3 Å². The number of amides is 1. The molecule has 1 N–H and O–H groups in total. The Morgan fingerprint density at radius 2 is 2.14 bits per heavy atom. The molecule has 2 rings (SSSR count). The van der Waals surface area contributed by atoms with Crippen LogP contribution in [0.25, 0.3) is 0 Å². The molecule has 0 bridgehead atoms. The van der Waals surface area contributed by atoms with Gasteiger partial charge in [-0.1, -0.05) is 0 Å². The van der Waals surface area contributed by atoms with Crippen LogP contribution in [0.3, 0.4) is 0 Å². The minimum absolute atomic E-state index is 0.140. The highest BCUT2D eigenvalue weighted by Crippen LogP contribution is 2.22. The molecule has 1 amide bonds. The second-order valence-electron chi connectivity index (χ2n) is 5.09. The summed E-state index contributed by atoms with van der Waals surface area (Å²) >= 11 is 1.32. The molecule has 0 fully saturated rings. The first-order valence-corrected chi connectivity index (χ1v) is 7.69. The molecule has 0 atom stereocenters. The van der Waals surface area contributed by atoms with E-state index in [0.717, 1.165) is 0 Å². The van der Waals surface area contributed by atoms with Crippen molar-refractivity contribution in [3.63, 3.8) is 0 Å². The molecular weight excluding hydrogens is 304 g/mol. The number of aromatic nitrogens is 3. The smallest absolute Gasteiger partial charge is 0.223 e. The van der Waals surface area contributed by atoms with E-state index >= 15 is 0 Å². The molecule has 2 aromatic rings. The zero-order valence-electron chi connectivity index (χ0n) is 12.9. The van der Waals surface area contributed by atoms with Gasteiger partial charge in [0.15, 0.2) is 22.4 Å². The van der Waals surface area contributed by atoms with Crippen molar-refractivity contribution in [1.29, 1.82) is 0 Å². The fraction of sp³-hybridized carbons (Fsp3) is 0.429. The van der Waals surface area contributed by atoms with E-state index in [0.29, 0.717) is 22.3 Å². The number of Topliss-reactive ketones (excluding diaryl/α,β-unsaturated/α-hetero) is 1. The first-order valence-electron chi connectivity index (χ1n) is 6.81. The Kier molecular flexibility index (Phi) is 4.92. The van der Waals surface area contributed by atoms with Crippen molar-refractivity contribution in [2.75, 3.05) is 5.32 Å². The predicted octanol–water partition coefficient (Wildman–Crippen LogP) is 2.66. The van der Waals surface area contributed by atoms with E-state index in [1.165, 1.54) is 25.2 Å². The van der Waals surface area contributed by atoms with Crippen LogP contribution in [-0.4, -0.2) is 26.5 Å². The van der Waals surface area contributed by atoms with Crippen LogP contribution in [0.2, 0.25) is 0 Å². The fourth-order valence-corrected chi connectivity index (χ4v) is 2.46. The van der Waals surface area contributed by atoms with Gasteiger partial charge in [0, 0.05) is 25.3 Å². The summed E-state index contributed by atoms with van der Waals surface area (Å²) in [5.74, 6) is 0.126. The number of thiazole rings is 1. The van der Waals surface area contributed by atoms with Gasteiger partial charge >= 0.3 is 0 Å². The monoisotopic (exact) mass is 322 g/mol. The Hall–Kier alpha value is -2.22. The lowest BCUT2D eigenvalue weighted by molar-refractivity contribution is -0.114. The van der Waals surface area contributed by atoms with Crippen LogP contribution in [-0.2, 0) is 11.4 Å². The molecule has 0 saturated heterocycles. The molecule has 2 heterocycles. The van der Waals surface area contributed by atoms with Crippen LogP contribution in [0.4, 0.5) is 5.13 Å². The molecule has 0 aliphatic carbocycles. The molecular formula is C14H18N4O3S. The van der Waals surface area contributed by atoms with Crippen molar-refractivity contribution in [3.8, 4) is 5.75 Å². The predicted molar refractivity (Wildman–Crippen MR) is 83.4 cm³/mol. The van der Waals surface area contributed by atoms with E-state index < -0.39 is 0 Å². The number of anilines is 1. The van der Waals surface area contributed by atoms with Gasteiger partial charge in [0.2, 0.25) is 5.91 Å². The summed E-state index contributed by atoms with van der Waals surface area (Å²) in [6, 6.07) is 0.140. The summed E-state index contributed by atoms with van der Waals surface area (Å²) in [5.41, 5.74) is 0.992. The molecule has 0 aliphatic heterocycles. The van der Waals surface area contributed by atoms with Crippen LogP contribution in [0, 0.1) is 0 Å². The van der Waals surface area contributed by atoms with Crippen LogP contribution in [0.5, 0.6) is 5.75 Å². The van der Waals surface area contributed by atoms with Gasteiger partial charge in [0.05, 0.1) is 11.9 Å². The van der Waals surface area contributed by atoms with Gasteiger partial charge in [-0.2, -0.15) is 5.10 Å². The zero-order valence-corrected chi connectivity index (χ0v) is 13.7. The maximum atomic E-state index is 11.6. The van der Waals surface area contributed by atoms with Crippen molar-refractivity contribution in [1.82, 2.24) is 14.8 Å². The fourth-order valence-electron chi connectivity index (χ4n) is 1.72. The van der Waals surface area contributed by atoms with Gasteiger partial charge in [-0.05, 0) is 13.8 Å². The number of carbonyl (C=O) groups excluding carboxylic acids is 2. The summed E-state index contributed by atoms with van der Waals surface area (Å²) < 4.78 is 7.35. The second-order valence-corrected chi connectivity index (χ2v) is 5.94. The first-order chi connectivity index (χ1) is 10.4. The second kappa shape index (κ2) is 6.69. The van der Waals surface area contributed by atoms with Gasteiger partial charge in [0.25, 0.3) is 0 Å². The van der Waals surface area contributed by atoms with E-state index in [1.807, 2.05) is 13.8 Å². The standard InChI is InChI=1S/C14H18N4O3S/c1-8(2)18-5-12(13(17-18)9(3)19)21-6-11-7-22-14(16-11)15-10(4)20/h5,7-8H,6H2,1-4H3,(H,15,16,20). The minimum atomic E-state index is -0.168. The molecule has 8 heteroatoms. The van der Waals surface area contributed by atoms with E-state index in [9.17, 15) is 9.59 Å². The van der Waals surface area contributed by atoms with Crippen LogP contribution < -0.4 is 10.1 Å². The largest absolute Gasteiger partial charge is 0.483 e. The summed E-state index contributed by atoms with van der Waals surface area (Å²) in [4.78, 5) is 26.8. The highest BCUT2D eigenvalue weighted by molar-refractivity contribution is 7.13. The number of hydrogen-bond donors (Lipinski definition) is 1. The molecule has 0 aliphatic rings.